The molecule has 3 rings (SSSR count). The highest BCUT2D eigenvalue weighted by Crippen LogP contribution is 2.12. The van der Waals surface area contributed by atoms with Crippen molar-refractivity contribution >= 4 is 11.8 Å². The van der Waals surface area contributed by atoms with Crippen LogP contribution in [0, 0.1) is 13.8 Å². The number of rotatable bonds is 5. The molecule has 5 nitrogen and oxygen atoms in total. The van der Waals surface area contributed by atoms with Crippen LogP contribution in [0.1, 0.15) is 16.7 Å². The van der Waals surface area contributed by atoms with Crippen LogP contribution in [0.2, 0.25) is 0 Å². The zero-order valence-corrected chi connectivity index (χ0v) is 16.0. The minimum Gasteiger partial charge on any atom is -0.484 e. The quantitative estimate of drug-likeness (QED) is 0.817. The van der Waals surface area contributed by atoms with Gasteiger partial charge in [-0.3, -0.25) is 9.59 Å². The number of nitrogens with zero attached hydrogens (tertiary/aromatic N) is 2. The van der Waals surface area contributed by atoms with E-state index in [9.17, 15) is 9.59 Å². The first-order chi connectivity index (χ1) is 13.0. The average Bonchev–Trinajstić information content (AvgIpc) is 2.69. The van der Waals surface area contributed by atoms with Gasteiger partial charge in [-0.05, 0) is 31.5 Å². The van der Waals surface area contributed by atoms with Crippen molar-refractivity contribution in [3.05, 3.63) is 65.2 Å². The van der Waals surface area contributed by atoms with Gasteiger partial charge >= 0.3 is 0 Å². The number of ether oxygens (including phenoxy) is 1. The Morgan fingerprint density at radius 3 is 1.81 bits per heavy atom. The molecule has 0 unspecified atom stereocenters. The van der Waals surface area contributed by atoms with Crippen LogP contribution in [-0.4, -0.2) is 54.4 Å². The Morgan fingerprint density at radius 1 is 0.778 bits per heavy atom. The maximum Gasteiger partial charge on any atom is 0.260 e. The van der Waals surface area contributed by atoms with E-state index < -0.39 is 0 Å². The predicted octanol–water partition coefficient (Wildman–Crippen LogP) is 2.60. The van der Waals surface area contributed by atoms with Crippen LogP contribution >= 0.6 is 0 Å². The Kier molecular flexibility index (Phi) is 6.12. The Labute approximate surface area is 160 Å². The molecule has 27 heavy (non-hydrogen) atoms. The fourth-order valence-corrected chi connectivity index (χ4v) is 3.07. The molecule has 5 heteroatoms. The number of hydrogen-bond donors (Lipinski definition) is 0. The second-order valence-electron chi connectivity index (χ2n) is 7.03. The number of aryl methyl sites for hydroxylation is 2. The first-order valence-electron chi connectivity index (χ1n) is 9.32. The van der Waals surface area contributed by atoms with Crippen LogP contribution in [0.4, 0.5) is 0 Å². The Balaban J connectivity index is 1.43. The smallest absolute Gasteiger partial charge is 0.260 e. The van der Waals surface area contributed by atoms with Crippen LogP contribution in [0.5, 0.6) is 5.75 Å². The van der Waals surface area contributed by atoms with Gasteiger partial charge in [0.2, 0.25) is 5.91 Å². The number of carbonyl (C=O) groups is 2. The van der Waals surface area contributed by atoms with E-state index in [2.05, 4.69) is 0 Å². The second-order valence-corrected chi connectivity index (χ2v) is 7.03. The maximum atomic E-state index is 12.5. The fraction of sp³-hybridized carbons (Fsp3) is 0.364. The topological polar surface area (TPSA) is 49.9 Å². The summed E-state index contributed by atoms with van der Waals surface area (Å²) in [6.07, 6.45) is 0.408. The normalized spacial score (nSPS) is 14.1. The highest BCUT2D eigenvalue weighted by atomic mass is 16.5. The van der Waals surface area contributed by atoms with Crippen molar-refractivity contribution in [2.24, 2.45) is 0 Å². The molecule has 0 spiro atoms. The third-order valence-corrected chi connectivity index (χ3v) is 4.84. The summed E-state index contributed by atoms with van der Waals surface area (Å²) in [7, 11) is 0. The molecule has 1 heterocycles. The molecule has 2 aromatic carbocycles. The number of benzene rings is 2. The molecule has 1 fully saturated rings. The van der Waals surface area contributed by atoms with Gasteiger partial charge in [0, 0.05) is 26.2 Å². The van der Waals surface area contributed by atoms with Crippen molar-refractivity contribution in [1.82, 2.24) is 9.80 Å². The minimum absolute atomic E-state index is 0.0281. The molecular formula is C22H26N2O3. The third-order valence-electron chi connectivity index (χ3n) is 4.84. The molecular weight excluding hydrogens is 340 g/mol. The summed E-state index contributed by atoms with van der Waals surface area (Å²) in [5, 5.41) is 0. The van der Waals surface area contributed by atoms with Crippen molar-refractivity contribution in [1.29, 1.82) is 0 Å². The summed E-state index contributed by atoms with van der Waals surface area (Å²) in [4.78, 5) is 28.4. The van der Waals surface area contributed by atoms with Crippen molar-refractivity contribution in [3.8, 4) is 5.75 Å². The van der Waals surface area contributed by atoms with E-state index in [1.54, 1.807) is 4.90 Å². The molecule has 2 aromatic rings. The monoisotopic (exact) mass is 366 g/mol. The first-order valence-corrected chi connectivity index (χ1v) is 9.32. The molecule has 0 saturated carbocycles. The van der Waals surface area contributed by atoms with Crippen LogP contribution in [-0.2, 0) is 16.0 Å². The summed E-state index contributed by atoms with van der Waals surface area (Å²) >= 11 is 0. The average molecular weight is 366 g/mol. The van der Waals surface area contributed by atoms with Gasteiger partial charge in [0.05, 0.1) is 6.42 Å². The van der Waals surface area contributed by atoms with E-state index >= 15 is 0 Å². The van der Waals surface area contributed by atoms with Gasteiger partial charge in [-0.2, -0.15) is 0 Å². The van der Waals surface area contributed by atoms with E-state index in [0.717, 1.165) is 11.1 Å². The first kappa shape index (κ1) is 19.0. The summed E-state index contributed by atoms with van der Waals surface area (Å²) < 4.78 is 5.57. The van der Waals surface area contributed by atoms with Gasteiger partial charge in [-0.1, -0.05) is 47.5 Å². The van der Waals surface area contributed by atoms with E-state index in [4.69, 9.17) is 4.74 Å². The summed E-state index contributed by atoms with van der Waals surface area (Å²) in [6.45, 7) is 6.31. The molecule has 1 aliphatic rings. The standard InChI is InChI=1S/C22H26N2O3/c1-17-3-7-19(8-4-17)15-21(25)23-11-13-24(14-12-23)22(26)16-27-20-9-5-18(2)6-10-20/h3-10H,11-16H2,1-2H3. The zero-order chi connectivity index (χ0) is 19.2. The summed E-state index contributed by atoms with van der Waals surface area (Å²) in [6, 6.07) is 15.7. The van der Waals surface area contributed by atoms with E-state index in [1.165, 1.54) is 5.56 Å². The van der Waals surface area contributed by atoms with Gasteiger partial charge in [-0.25, -0.2) is 0 Å². The lowest BCUT2D eigenvalue weighted by Crippen LogP contribution is -2.52. The molecule has 0 bridgehead atoms. The summed E-state index contributed by atoms with van der Waals surface area (Å²) in [5.74, 6) is 0.768. The number of amides is 2. The van der Waals surface area contributed by atoms with Crippen molar-refractivity contribution in [2.75, 3.05) is 32.8 Å². The molecule has 142 valence electrons. The van der Waals surface area contributed by atoms with Crippen molar-refractivity contribution in [2.45, 2.75) is 20.3 Å². The van der Waals surface area contributed by atoms with E-state index in [0.29, 0.717) is 38.3 Å². The van der Waals surface area contributed by atoms with E-state index in [1.807, 2.05) is 67.3 Å². The number of piperazine rings is 1. The van der Waals surface area contributed by atoms with Crippen LogP contribution in [0.15, 0.2) is 48.5 Å². The lowest BCUT2D eigenvalue weighted by molar-refractivity contribution is -0.140. The van der Waals surface area contributed by atoms with Gasteiger partial charge in [-0.15, -0.1) is 0 Å². The second kappa shape index (κ2) is 8.71. The highest BCUT2D eigenvalue weighted by Gasteiger charge is 2.24. The molecule has 1 aliphatic heterocycles. The fourth-order valence-electron chi connectivity index (χ4n) is 3.07. The molecule has 0 radical (unpaired) electrons. The maximum absolute atomic E-state index is 12.5. The summed E-state index contributed by atoms with van der Waals surface area (Å²) in [5.41, 5.74) is 3.36. The molecule has 0 N–H and O–H groups in total. The lowest BCUT2D eigenvalue weighted by atomic mass is 10.1. The van der Waals surface area contributed by atoms with Gasteiger partial charge < -0.3 is 14.5 Å². The number of carbonyl (C=O) groups excluding carboxylic acids is 2. The predicted molar refractivity (Wildman–Crippen MR) is 105 cm³/mol. The molecule has 0 atom stereocenters. The molecule has 2 amide bonds. The Morgan fingerprint density at radius 2 is 1.26 bits per heavy atom. The van der Waals surface area contributed by atoms with Gasteiger partial charge in [0.25, 0.3) is 5.91 Å². The van der Waals surface area contributed by atoms with Crippen molar-refractivity contribution in [3.63, 3.8) is 0 Å². The number of hydrogen-bond acceptors (Lipinski definition) is 3. The minimum atomic E-state index is -0.0405. The van der Waals surface area contributed by atoms with E-state index in [-0.39, 0.29) is 18.4 Å². The van der Waals surface area contributed by atoms with Crippen molar-refractivity contribution < 1.29 is 14.3 Å². The Hall–Kier alpha value is -2.82. The third kappa shape index (κ3) is 5.33. The van der Waals surface area contributed by atoms with Crippen LogP contribution < -0.4 is 4.74 Å². The largest absolute Gasteiger partial charge is 0.484 e. The van der Waals surface area contributed by atoms with Crippen LogP contribution in [0.25, 0.3) is 0 Å². The lowest BCUT2D eigenvalue weighted by Gasteiger charge is -2.34. The SMILES string of the molecule is Cc1ccc(CC(=O)N2CCN(C(=O)COc3ccc(C)cc3)CC2)cc1. The molecule has 0 aromatic heterocycles. The Bertz CT molecular complexity index is 776. The molecule has 0 aliphatic carbocycles. The zero-order valence-electron chi connectivity index (χ0n) is 16.0. The van der Waals surface area contributed by atoms with Gasteiger partial charge in [0.1, 0.15) is 5.75 Å². The molecule has 1 saturated heterocycles. The van der Waals surface area contributed by atoms with Gasteiger partial charge in [0.15, 0.2) is 6.61 Å². The van der Waals surface area contributed by atoms with Crippen LogP contribution in [0.3, 0.4) is 0 Å². The highest BCUT2D eigenvalue weighted by molar-refractivity contribution is 5.80.